The van der Waals surface area contributed by atoms with Crippen LogP contribution in [0.15, 0.2) is 35.1 Å². The van der Waals surface area contributed by atoms with Crippen LogP contribution in [-0.4, -0.2) is 10.5 Å². The summed E-state index contributed by atoms with van der Waals surface area (Å²) in [5.41, 5.74) is 2.43. The molecule has 0 spiro atoms. The lowest BCUT2D eigenvalue weighted by molar-refractivity contribution is 0.0952. The van der Waals surface area contributed by atoms with Crippen molar-refractivity contribution < 1.29 is 4.79 Å². The zero-order chi connectivity index (χ0) is 11.7. The van der Waals surface area contributed by atoms with Gasteiger partial charge in [-0.2, -0.15) is 0 Å². The smallest absolute Gasteiger partial charge is 0.270 e. The summed E-state index contributed by atoms with van der Waals surface area (Å²) in [6, 6.07) is 8.88. The van der Waals surface area contributed by atoms with E-state index in [9.17, 15) is 9.59 Å². The number of hydrazine groups is 1. The van der Waals surface area contributed by atoms with Gasteiger partial charge in [0.05, 0.1) is 5.52 Å². The zero-order valence-electron chi connectivity index (χ0n) is 8.73. The molecule has 0 aliphatic carbocycles. The molecule has 3 N–H and O–H groups in total. The molecule has 0 radical (unpaired) electrons. The molecule has 1 heterocycles. The minimum atomic E-state index is -0.577. The second kappa shape index (κ2) is 3.79. The summed E-state index contributed by atoms with van der Waals surface area (Å²) in [4.78, 5) is 23.2. The van der Waals surface area contributed by atoms with E-state index >= 15 is 0 Å². The quantitative estimate of drug-likeness (QED) is 0.405. The Kier molecular flexibility index (Phi) is 2.46. The minimum absolute atomic E-state index is 0.0451. The molecule has 0 bridgehead atoms. The molecule has 0 unspecified atom stereocenters. The van der Waals surface area contributed by atoms with Crippen LogP contribution in [-0.2, 0) is 7.05 Å². The summed E-state index contributed by atoms with van der Waals surface area (Å²) in [7, 11) is 1.62. The molecular weight excluding hydrogens is 206 g/mol. The van der Waals surface area contributed by atoms with Crippen LogP contribution in [0, 0.1) is 0 Å². The van der Waals surface area contributed by atoms with Crippen LogP contribution in [0.1, 0.15) is 10.4 Å². The molecule has 2 rings (SSSR count). The maximum atomic E-state index is 11.8. The van der Waals surface area contributed by atoms with Gasteiger partial charge < -0.3 is 4.57 Å². The number of benzene rings is 1. The lowest BCUT2D eigenvalue weighted by Gasteiger charge is -2.07. The van der Waals surface area contributed by atoms with Gasteiger partial charge in [-0.1, -0.05) is 18.2 Å². The highest BCUT2D eigenvalue weighted by Gasteiger charge is 2.12. The number of carbonyl (C=O) groups is 1. The number of nitrogens with one attached hydrogen (secondary N) is 1. The van der Waals surface area contributed by atoms with Crippen molar-refractivity contribution in [3.8, 4) is 0 Å². The third-order valence-corrected chi connectivity index (χ3v) is 2.51. The number of pyridine rings is 1. The highest BCUT2D eigenvalue weighted by Crippen LogP contribution is 2.11. The molecule has 82 valence electrons. The molecule has 16 heavy (non-hydrogen) atoms. The standard InChI is InChI=1S/C11H11N3O2/c1-14-9-5-3-2-4-7(9)6-8(11(14)16)10(15)13-12/h2-6H,12H2,1H3,(H,13,15). The molecular formula is C11H11N3O2. The number of nitrogens with zero attached hydrogens (tertiary/aromatic N) is 1. The van der Waals surface area contributed by atoms with E-state index in [4.69, 9.17) is 5.84 Å². The Hall–Kier alpha value is -2.14. The van der Waals surface area contributed by atoms with E-state index in [1.807, 2.05) is 29.7 Å². The maximum Gasteiger partial charge on any atom is 0.270 e. The van der Waals surface area contributed by atoms with Crippen molar-refractivity contribution in [2.24, 2.45) is 12.9 Å². The highest BCUT2D eigenvalue weighted by atomic mass is 16.2. The van der Waals surface area contributed by atoms with E-state index < -0.39 is 5.91 Å². The van der Waals surface area contributed by atoms with E-state index in [-0.39, 0.29) is 11.1 Å². The van der Waals surface area contributed by atoms with E-state index in [0.29, 0.717) is 0 Å². The fourth-order valence-corrected chi connectivity index (χ4v) is 1.66. The summed E-state index contributed by atoms with van der Waals surface area (Å²) in [5.74, 6) is 4.44. The molecule has 0 saturated heterocycles. The first-order valence-corrected chi connectivity index (χ1v) is 4.75. The molecule has 5 nitrogen and oxygen atoms in total. The second-order valence-electron chi connectivity index (χ2n) is 3.45. The van der Waals surface area contributed by atoms with Crippen LogP contribution < -0.4 is 16.8 Å². The van der Waals surface area contributed by atoms with Crippen LogP contribution >= 0.6 is 0 Å². The number of hydrogen-bond acceptors (Lipinski definition) is 3. The molecule has 1 aromatic heterocycles. The zero-order valence-corrected chi connectivity index (χ0v) is 8.73. The van der Waals surface area contributed by atoms with Crippen molar-refractivity contribution in [3.05, 3.63) is 46.2 Å². The van der Waals surface area contributed by atoms with Crippen LogP contribution in [0.5, 0.6) is 0 Å². The first kappa shape index (κ1) is 10.4. The Bertz CT molecular complexity index is 616. The maximum absolute atomic E-state index is 11.8. The number of amides is 1. The fraction of sp³-hybridized carbons (Fsp3) is 0.0909. The first-order chi connectivity index (χ1) is 7.65. The highest BCUT2D eigenvalue weighted by molar-refractivity contribution is 5.96. The average Bonchev–Trinajstić information content (AvgIpc) is 2.33. The number of carbonyl (C=O) groups excluding carboxylic acids is 1. The third-order valence-electron chi connectivity index (χ3n) is 2.51. The lowest BCUT2D eigenvalue weighted by atomic mass is 10.1. The summed E-state index contributed by atoms with van der Waals surface area (Å²) < 4.78 is 1.43. The molecule has 0 atom stereocenters. The molecule has 5 heteroatoms. The van der Waals surface area contributed by atoms with Crippen LogP contribution in [0.2, 0.25) is 0 Å². The van der Waals surface area contributed by atoms with E-state index in [1.54, 1.807) is 13.1 Å². The van der Waals surface area contributed by atoms with Gasteiger partial charge in [0.1, 0.15) is 5.56 Å². The molecule has 0 saturated carbocycles. The largest absolute Gasteiger partial charge is 0.311 e. The fourth-order valence-electron chi connectivity index (χ4n) is 1.66. The van der Waals surface area contributed by atoms with Gasteiger partial charge in [-0.15, -0.1) is 0 Å². The molecule has 1 aromatic carbocycles. The van der Waals surface area contributed by atoms with Crippen molar-refractivity contribution in [2.45, 2.75) is 0 Å². The van der Waals surface area contributed by atoms with Crippen molar-refractivity contribution in [1.82, 2.24) is 9.99 Å². The van der Waals surface area contributed by atoms with Gasteiger partial charge in [-0.25, -0.2) is 5.84 Å². The number of aryl methyl sites for hydroxylation is 1. The van der Waals surface area contributed by atoms with Gasteiger partial charge in [0, 0.05) is 7.05 Å². The van der Waals surface area contributed by atoms with Crippen molar-refractivity contribution in [1.29, 1.82) is 0 Å². The number of nitrogen functional groups attached to an aromatic ring is 1. The van der Waals surface area contributed by atoms with Crippen molar-refractivity contribution >= 4 is 16.8 Å². The Balaban J connectivity index is 2.84. The Morgan fingerprint density at radius 1 is 1.38 bits per heavy atom. The van der Waals surface area contributed by atoms with Gasteiger partial charge in [-0.3, -0.25) is 15.0 Å². The van der Waals surface area contributed by atoms with Gasteiger partial charge in [0.25, 0.3) is 11.5 Å². The van der Waals surface area contributed by atoms with Gasteiger partial charge >= 0.3 is 0 Å². The van der Waals surface area contributed by atoms with Crippen LogP contribution in [0.3, 0.4) is 0 Å². The Morgan fingerprint density at radius 2 is 2.06 bits per heavy atom. The van der Waals surface area contributed by atoms with Crippen molar-refractivity contribution in [2.75, 3.05) is 0 Å². The first-order valence-electron chi connectivity index (χ1n) is 4.75. The second-order valence-corrected chi connectivity index (χ2v) is 3.45. The summed E-state index contributed by atoms with van der Waals surface area (Å²) >= 11 is 0. The summed E-state index contributed by atoms with van der Waals surface area (Å²) in [6.07, 6.45) is 0. The summed E-state index contributed by atoms with van der Waals surface area (Å²) in [6.45, 7) is 0. The van der Waals surface area contributed by atoms with E-state index in [1.165, 1.54) is 4.57 Å². The molecule has 0 fully saturated rings. The SMILES string of the molecule is Cn1c(=O)c(C(=O)NN)cc2ccccc21. The predicted octanol–water partition coefficient (Wildman–Crippen LogP) is 0.142. The number of rotatable bonds is 1. The monoisotopic (exact) mass is 217 g/mol. The third kappa shape index (κ3) is 1.47. The van der Waals surface area contributed by atoms with E-state index in [0.717, 1.165) is 10.9 Å². The summed E-state index contributed by atoms with van der Waals surface area (Å²) in [5, 5.41) is 0.822. The molecule has 2 aromatic rings. The van der Waals surface area contributed by atoms with Crippen molar-refractivity contribution in [3.63, 3.8) is 0 Å². The minimum Gasteiger partial charge on any atom is -0.311 e. The normalized spacial score (nSPS) is 10.4. The number of para-hydroxylation sites is 1. The van der Waals surface area contributed by atoms with Crippen LogP contribution in [0.25, 0.3) is 10.9 Å². The number of fused-ring (bicyclic) bond motifs is 1. The van der Waals surface area contributed by atoms with E-state index in [2.05, 4.69) is 0 Å². The molecule has 1 amide bonds. The predicted molar refractivity (Wildman–Crippen MR) is 60.8 cm³/mol. The topological polar surface area (TPSA) is 77.1 Å². The number of aromatic nitrogens is 1. The molecule has 0 aliphatic rings. The number of nitrogens with two attached hydrogens (primary N) is 1. The van der Waals surface area contributed by atoms with Gasteiger partial charge in [-0.05, 0) is 17.5 Å². The molecule has 0 aliphatic heterocycles. The average molecular weight is 217 g/mol. The van der Waals surface area contributed by atoms with Gasteiger partial charge in [0.2, 0.25) is 0 Å². The van der Waals surface area contributed by atoms with Crippen LogP contribution in [0.4, 0.5) is 0 Å². The Labute approximate surface area is 91.5 Å². The lowest BCUT2D eigenvalue weighted by Crippen LogP contribution is -2.36. The Morgan fingerprint density at radius 3 is 2.75 bits per heavy atom. The van der Waals surface area contributed by atoms with Gasteiger partial charge in [0.15, 0.2) is 0 Å². The number of hydrogen-bond donors (Lipinski definition) is 2.